The summed E-state index contributed by atoms with van der Waals surface area (Å²) in [6.07, 6.45) is 1.25. The molecule has 1 saturated heterocycles. The SMILES string of the molecule is CCN1CCC(CNC(C)c2ccc(OC)c(F)c2)C1. The lowest BCUT2D eigenvalue weighted by molar-refractivity contribution is 0.336. The standard InChI is InChI=1S/C16H25FN2O/c1-4-19-8-7-13(11-19)10-18-12(2)14-5-6-16(20-3)15(17)9-14/h5-6,9,12-13,18H,4,7-8,10-11H2,1-3H3. The summed E-state index contributed by atoms with van der Waals surface area (Å²) in [6.45, 7) is 8.79. The zero-order valence-corrected chi connectivity index (χ0v) is 12.7. The van der Waals surface area contributed by atoms with Gasteiger partial charge in [0.1, 0.15) is 0 Å². The lowest BCUT2D eigenvalue weighted by atomic mass is 10.1. The van der Waals surface area contributed by atoms with Crippen LogP contribution < -0.4 is 10.1 Å². The smallest absolute Gasteiger partial charge is 0.165 e. The zero-order valence-electron chi connectivity index (χ0n) is 12.7. The molecule has 1 aliphatic heterocycles. The van der Waals surface area contributed by atoms with Gasteiger partial charge in [-0.3, -0.25) is 0 Å². The van der Waals surface area contributed by atoms with Gasteiger partial charge in [-0.2, -0.15) is 0 Å². The molecule has 0 radical (unpaired) electrons. The first-order chi connectivity index (χ1) is 9.63. The first-order valence-corrected chi connectivity index (χ1v) is 7.43. The van der Waals surface area contributed by atoms with E-state index in [0.29, 0.717) is 11.7 Å². The Morgan fingerprint density at radius 2 is 2.30 bits per heavy atom. The number of nitrogens with zero attached hydrogens (tertiary/aromatic N) is 1. The van der Waals surface area contributed by atoms with E-state index < -0.39 is 0 Å². The lowest BCUT2D eigenvalue weighted by Gasteiger charge is -2.18. The molecule has 1 aromatic rings. The monoisotopic (exact) mass is 280 g/mol. The van der Waals surface area contributed by atoms with Crippen molar-refractivity contribution in [2.24, 2.45) is 5.92 Å². The second-order valence-corrected chi connectivity index (χ2v) is 5.57. The molecule has 3 nitrogen and oxygen atoms in total. The van der Waals surface area contributed by atoms with E-state index in [-0.39, 0.29) is 11.9 Å². The fraction of sp³-hybridized carbons (Fsp3) is 0.625. The highest BCUT2D eigenvalue weighted by molar-refractivity contribution is 5.30. The van der Waals surface area contributed by atoms with Crippen LogP contribution in [0.5, 0.6) is 5.75 Å². The zero-order chi connectivity index (χ0) is 14.5. The first-order valence-electron chi connectivity index (χ1n) is 7.43. The maximum absolute atomic E-state index is 13.7. The Kier molecular flexibility index (Phi) is 5.38. The molecule has 0 spiro atoms. The van der Waals surface area contributed by atoms with E-state index in [0.717, 1.165) is 18.7 Å². The van der Waals surface area contributed by atoms with Gasteiger partial charge in [-0.1, -0.05) is 13.0 Å². The van der Waals surface area contributed by atoms with Gasteiger partial charge < -0.3 is 15.0 Å². The molecular weight excluding hydrogens is 255 g/mol. The van der Waals surface area contributed by atoms with E-state index in [1.165, 1.54) is 26.6 Å². The van der Waals surface area contributed by atoms with E-state index in [2.05, 4.69) is 24.1 Å². The second kappa shape index (κ2) is 7.04. The van der Waals surface area contributed by atoms with Gasteiger partial charge >= 0.3 is 0 Å². The van der Waals surface area contributed by atoms with Crippen molar-refractivity contribution in [3.8, 4) is 5.75 Å². The third-order valence-corrected chi connectivity index (χ3v) is 4.21. The van der Waals surface area contributed by atoms with Crippen molar-refractivity contribution in [3.05, 3.63) is 29.6 Å². The Morgan fingerprint density at radius 3 is 2.90 bits per heavy atom. The number of hydrogen-bond donors (Lipinski definition) is 1. The second-order valence-electron chi connectivity index (χ2n) is 5.57. The van der Waals surface area contributed by atoms with Crippen LogP contribution in [0, 0.1) is 11.7 Å². The number of likely N-dealkylation sites (tertiary alicyclic amines) is 1. The van der Waals surface area contributed by atoms with Gasteiger partial charge in [0, 0.05) is 12.6 Å². The number of ether oxygens (including phenoxy) is 1. The Balaban J connectivity index is 1.85. The molecule has 2 atom stereocenters. The summed E-state index contributed by atoms with van der Waals surface area (Å²) < 4.78 is 18.6. The van der Waals surface area contributed by atoms with Crippen LogP contribution in [0.4, 0.5) is 4.39 Å². The topological polar surface area (TPSA) is 24.5 Å². The third-order valence-electron chi connectivity index (χ3n) is 4.21. The Morgan fingerprint density at radius 1 is 1.50 bits per heavy atom. The number of nitrogens with one attached hydrogen (secondary N) is 1. The summed E-state index contributed by atoms with van der Waals surface area (Å²) in [7, 11) is 1.49. The maximum Gasteiger partial charge on any atom is 0.165 e. The minimum atomic E-state index is -0.295. The molecule has 0 saturated carbocycles. The predicted octanol–water partition coefficient (Wildman–Crippen LogP) is 2.83. The van der Waals surface area contributed by atoms with Crippen molar-refractivity contribution < 1.29 is 9.13 Å². The van der Waals surface area contributed by atoms with Crippen molar-refractivity contribution in [1.82, 2.24) is 10.2 Å². The largest absolute Gasteiger partial charge is 0.494 e. The number of benzene rings is 1. The quantitative estimate of drug-likeness (QED) is 0.867. The fourth-order valence-corrected chi connectivity index (χ4v) is 2.78. The summed E-state index contributed by atoms with van der Waals surface area (Å²) in [5, 5.41) is 3.52. The molecule has 2 rings (SSSR count). The van der Waals surface area contributed by atoms with Crippen molar-refractivity contribution in [1.29, 1.82) is 0 Å². The van der Waals surface area contributed by atoms with Crippen LogP contribution in [0.25, 0.3) is 0 Å². The van der Waals surface area contributed by atoms with Gasteiger partial charge in [-0.25, -0.2) is 4.39 Å². The normalized spacial score (nSPS) is 21.1. The summed E-state index contributed by atoms with van der Waals surface area (Å²) in [5.41, 5.74) is 0.966. The molecule has 2 unspecified atom stereocenters. The average molecular weight is 280 g/mol. The summed E-state index contributed by atoms with van der Waals surface area (Å²) in [4.78, 5) is 2.48. The van der Waals surface area contributed by atoms with Crippen LogP contribution in [0.3, 0.4) is 0 Å². The molecule has 0 bridgehead atoms. The molecule has 1 fully saturated rings. The van der Waals surface area contributed by atoms with Gasteiger partial charge in [0.2, 0.25) is 0 Å². The molecular formula is C16H25FN2O. The highest BCUT2D eigenvalue weighted by atomic mass is 19.1. The molecule has 1 heterocycles. The summed E-state index contributed by atoms with van der Waals surface area (Å²) >= 11 is 0. The number of rotatable bonds is 6. The predicted molar refractivity (Wildman–Crippen MR) is 79.6 cm³/mol. The van der Waals surface area contributed by atoms with Crippen LogP contribution in [-0.2, 0) is 0 Å². The van der Waals surface area contributed by atoms with E-state index in [1.54, 1.807) is 12.1 Å². The first kappa shape index (κ1) is 15.3. The summed E-state index contributed by atoms with van der Waals surface area (Å²) in [5.74, 6) is 0.715. The fourth-order valence-electron chi connectivity index (χ4n) is 2.78. The van der Waals surface area contributed by atoms with Crippen molar-refractivity contribution in [2.75, 3.05) is 33.3 Å². The maximum atomic E-state index is 13.7. The number of halogens is 1. The molecule has 1 aromatic carbocycles. The minimum Gasteiger partial charge on any atom is -0.494 e. The van der Waals surface area contributed by atoms with Gasteiger partial charge in [-0.15, -0.1) is 0 Å². The highest BCUT2D eigenvalue weighted by Gasteiger charge is 2.21. The molecule has 0 aromatic heterocycles. The Bertz CT molecular complexity index is 438. The minimum absolute atomic E-state index is 0.158. The highest BCUT2D eigenvalue weighted by Crippen LogP contribution is 2.22. The molecule has 4 heteroatoms. The molecule has 20 heavy (non-hydrogen) atoms. The Hall–Kier alpha value is -1.13. The molecule has 1 N–H and O–H groups in total. The van der Waals surface area contributed by atoms with Crippen LogP contribution in [0.2, 0.25) is 0 Å². The summed E-state index contributed by atoms with van der Waals surface area (Å²) in [6, 6.07) is 5.33. The van der Waals surface area contributed by atoms with E-state index in [1.807, 2.05) is 6.07 Å². The van der Waals surface area contributed by atoms with Crippen molar-refractivity contribution >= 4 is 0 Å². The number of hydrogen-bond acceptors (Lipinski definition) is 3. The van der Waals surface area contributed by atoms with E-state index in [4.69, 9.17) is 4.74 Å². The van der Waals surface area contributed by atoms with Crippen molar-refractivity contribution in [2.45, 2.75) is 26.3 Å². The third kappa shape index (κ3) is 3.70. The van der Waals surface area contributed by atoms with Crippen LogP contribution in [-0.4, -0.2) is 38.2 Å². The van der Waals surface area contributed by atoms with E-state index >= 15 is 0 Å². The number of methoxy groups -OCH3 is 1. The molecule has 0 aliphatic carbocycles. The van der Waals surface area contributed by atoms with Gasteiger partial charge in [0.25, 0.3) is 0 Å². The lowest BCUT2D eigenvalue weighted by Crippen LogP contribution is -2.28. The van der Waals surface area contributed by atoms with Crippen LogP contribution >= 0.6 is 0 Å². The average Bonchev–Trinajstić information content (AvgIpc) is 2.92. The van der Waals surface area contributed by atoms with Gasteiger partial charge in [-0.05, 0) is 56.6 Å². The van der Waals surface area contributed by atoms with Crippen LogP contribution in [0.1, 0.15) is 31.9 Å². The Labute approximate surface area is 121 Å². The molecule has 0 amide bonds. The van der Waals surface area contributed by atoms with Crippen LogP contribution in [0.15, 0.2) is 18.2 Å². The van der Waals surface area contributed by atoms with E-state index in [9.17, 15) is 4.39 Å². The van der Waals surface area contributed by atoms with Gasteiger partial charge in [0.05, 0.1) is 7.11 Å². The molecule has 112 valence electrons. The van der Waals surface area contributed by atoms with Crippen molar-refractivity contribution in [3.63, 3.8) is 0 Å². The van der Waals surface area contributed by atoms with Gasteiger partial charge in [0.15, 0.2) is 11.6 Å². The molecule has 1 aliphatic rings.